The fraction of sp³-hybridized carbons (Fsp3) is 0.143. The second-order valence-electron chi connectivity index (χ2n) is 6.10. The molecule has 0 fully saturated rings. The van der Waals surface area contributed by atoms with E-state index in [1.807, 2.05) is 30.3 Å². The maximum absolute atomic E-state index is 13.1. The number of carbonyl (C=O) groups excluding carboxylic acids is 2. The molecule has 3 rings (SSSR count). The Kier molecular flexibility index (Phi) is 5.66. The van der Waals surface area contributed by atoms with Gasteiger partial charge in [0.15, 0.2) is 5.76 Å². The molecule has 0 spiro atoms. The summed E-state index contributed by atoms with van der Waals surface area (Å²) in [5.41, 5.74) is 6.83. The average molecular weight is 366 g/mol. The van der Waals surface area contributed by atoms with Crippen molar-refractivity contribution in [2.75, 3.05) is 6.54 Å². The second-order valence-corrected chi connectivity index (χ2v) is 6.10. The molecule has 0 unspecified atom stereocenters. The highest BCUT2D eigenvalue weighted by atomic mass is 19.1. The van der Waals surface area contributed by atoms with Crippen LogP contribution < -0.4 is 5.73 Å². The highest BCUT2D eigenvalue weighted by molar-refractivity contribution is 5.92. The van der Waals surface area contributed by atoms with Crippen molar-refractivity contribution < 1.29 is 18.4 Å². The van der Waals surface area contributed by atoms with Gasteiger partial charge in [-0.25, -0.2) is 4.39 Å². The molecule has 2 amide bonds. The number of primary amides is 1. The molecule has 6 heteroatoms. The number of nitrogens with two attached hydrogens (primary N) is 1. The van der Waals surface area contributed by atoms with Gasteiger partial charge in [-0.05, 0) is 42.0 Å². The van der Waals surface area contributed by atoms with Crippen LogP contribution in [0.1, 0.15) is 22.5 Å². The van der Waals surface area contributed by atoms with Crippen molar-refractivity contribution in [3.63, 3.8) is 0 Å². The number of amides is 2. The van der Waals surface area contributed by atoms with Crippen LogP contribution in [0.4, 0.5) is 4.39 Å². The lowest BCUT2D eigenvalue weighted by atomic mass is 10.2. The molecule has 3 aromatic rings. The van der Waals surface area contributed by atoms with Crippen LogP contribution in [-0.4, -0.2) is 23.3 Å². The standard InChI is InChI=1S/C21H19FN2O3/c22-17-8-6-16(7-9-17)18-10-11-19(27-18)21(26)24(13-12-20(23)25)14-15-4-2-1-3-5-15/h1-11H,12-14H2,(H2,23,25). The van der Waals surface area contributed by atoms with Crippen LogP contribution in [0.2, 0.25) is 0 Å². The first-order chi connectivity index (χ1) is 13.0. The van der Waals surface area contributed by atoms with Crippen molar-refractivity contribution in [2.24, 2.45) is 5.73 Å². The number of furan rings is 1. The number of halogens is 1. The summed E-state index contributed by atoms with van der Waals surface area (Å²) in [7, 11) is 0. The molecule has 2 aromatic carbocycles. The summed E-state index contributed by atoms with van der Waals surface area (Å²) in [6.45, 7) is 0.523. The molecule has 0 saturated carbocycles. The highest BCUT2D eigenvalue weighted by Crippen LogP contribution is 2.23. The van der Waals surface area contributed by atoms with E-state index in [-0.39, 0.29) is 30.5 Å². The minimum Gasteiger partial charge on any atom is -0.451 e. The number of rotatable bonds is 7. The minimum atomic E-state index is -0.479. The van der Waals surface area contributed by atoms with E-state index in [0.717, 1.165) is 5.56 Å². The first-order valence-corrected chi connectivity index (χ1v) is 8.50. The van der Waals surface area contributed by atoms with E-state index in [1.165, 1.54) is 17.0 Å². The summed E-state index contributed by atoms with van der Waals surface area (Å²) in [5, 5.41) is 0. The highest BCUT2D eigenvalue weighted by Gasteiger charge is 2.20. The monoisotopic (exact) mass is 366 g/mol. The molecule has 138 valence electrons. The van der Waals surface area contributed by atoms with Crippen LogP contribution in [0, 0.1) is 5.82 Å². The number of nitrogens with zero attached hydrogens (tertiary/aromatic N) is 1. The molecule has 0 saturated heterocycles. The Hall–Kier alpha value is -3.41. The van der Waals surface area contributed by atoms with E-state index in [1.54, 1.807) is 24.3 Å². The lowest BCUT2D eigenvalue weighted by Crippen LogP contribution is -2.33. The van der Waals surface area contributed by atoms with Crippen molar-refractivity contribution >= 4 is 11.8 Å². The summed E-state index contributed by atoms with van der Waals surface area (Å²) in [6, 6.07) is 18.5. The van der Waals surface area contributed by atoms with Gasteiger partial charge in [-0.1, -0.05) is 30.3 Å². The van der Waals surface area contributed by atoms with E-state index in [0.29, 0.717) is 17.9 Å². The molecule has 0 radical (unpaired) electrons. The van der Waals surface area contributed by atoms with Crippen LogP contribution in [0.5, 0.6) is 0 Å². The van der Waals surface area contributed by atoms with E-state index in [2.05, 4.69) is 0 Å². The average Bonchev–Trinajstić information content (AvgIpc) is 3.16. The Bertz CT molecular complexity index is 920. The predicted molar refractivity (Wildman–Crippen MR) is 99.1 cm³/mol. The third-order valence-corrected chi connectivity index (χ3v) is 4.08. The predicted octanol–water partition coefficient (Wildman–Crippen LogP) is 3.60. The summed E-state index contributed by atoms with van der Waals surface area (Å²) < 4.78 is 18.7. The fourth-order valence-electron chi connectivity index (χ4n) is 2.68. The molecular weight excluding hydrogens is 347 g/mol. The van der Waals surface area contributed by atoms with Gasteiger partial charge >= 0.3 is 0 Å². The molecule has 1 aromatic heterocycles. The zero-order chi connectivity index (χ0) is 19.2. The van der Waals surface area contributed by atoms with Gasteiger partial charge in [0.25, 0.3) is 5.91 Å². The van der Waals surface area contributed by atoms with Gasteiger partial charge in [-0.15, -0.1) is 0 Å². The van der Waals surface area contributed by atoms with Gasteiger partial charge in [0.1, 0.15) is 11.6 Å². The number of hydrogen-bond acceptors (Lipinski definition) is 3. The molecule has 5 nitrogen and oxygen atoms in total. The molecule has 0 atom stereocenters. The first kappa shape index (κ1) is 18.4. The van der Waals surface area contributed by atoms with Gasteiger partial charge in [0.05, 0.1) is 0 Å². The first-order valence-electron chi connectivity index (χ1n) is 8.50. The van der Waals surface area contributed by atoms with Crippen molar-refractivity contribution in [3.8, 4) is 11.3 Å². The van der Waals surface area contributed by atoms with Gasteiger partial charge in [0.2, 0.25) is 5.91 Å². The largest absolute Gasteiger partial charge is 0.451 e. The Balaban J connectivity index is 1.80. The molecular formula is C21H19FN2O3. The zero-order valence-corrected chi connectivity index (χ0v) is 14.6. The van der Waals surface area contributed by atoms with Crippen molar-refractivity contribution in [1.82, 2.24) is 4.90 Å². The van der Waals surface area contributed by atoms with Crippen LogP contribution in [0.25, 0.3) is 11.3 Å². The molecule has 1 heterocycles. The van der Waals surface area contributed by atoms with Crippen LogP contribution in [0.3, 0.4) is 0 Å². The zero-order valence-electron chi connectivity index (χ0n) is 14.6. The van der Waals surface area contributed by atoms with Gasteiger partial charge < -0.3 is 15.1 Å². The van der Waals surface area contributed by atoms with E-state index >= 15 is 0 Å². The van der Waals surface area contributed by atoms with Crippen molar-refractivity contribution in [2.45, 2.75) is 13.0 Å². The summed E-state index contributed by atoms with van der Waals surface area (Å²) in [4.78, 5) is 25.6. The molecule has 0 aliphatic rings. The topological polar surface area (TPSA) is 76.5 Å². The van der Waals surface area contributed by atoms with E-state index < -0.39 is 5.91 Å². The second kappa shape index (κ2) is 8.31. The van der Waals surface area contributed by atoms with E-state index in [4.69, 9.17) is 10.2 Å². The van der Waals surface area contributed by atoms with Crippen LogP contribution in [-0.2, 0) is 11.3 Å². The van der Waals surface area contributed by atoms with Gasteiger partial charge in [-0.3, -0.25) is 9.59 Å². The number of hydrogen-bond donors (Lipinski definition) is 1. The molecule has 27 heavy (non-hydrogen) atoms. The smallest absolute Gasteiger partial charge is 0.289 e. The molecule has 2 N–H and O–H groups in total. The van der Waals surface area contributed by atoms with Gasteiger partial charge in [0, 0.05) is 25.1 Å². The Labute approximate surface area is 156 Å². The van der Waals surface area contributed by atoms with E-state index in [9.17, 15) is 14.0 Å². The third-order valence-electron chi connectivity index (χ3n) is 4.08. The minimum absolute atomic E-state index is 0.0596. The van der Waals surface area contributed by atoms with Crippen molar-refractivity contribution in [3.05, 3.63) is 83.9 Å². The summed E-state index contributed by atoms with van der Waals surface area (Å²) in [6.07, 6.45) is 0.0596. The Morgan fingerprint density at radius 3 is 2.33 bits per heavy atom. The lowest BCUT2D eigenvalue weighted by molar-refractivity contribution is -0.118. The van der Waals surface area contributed by atoms with Gasteiger partial charge in [-0.2, -0.15) is 0 Å². The lowest BCUT2D eigenvalue weighted by Gasteiger charge is -2.21. The number of benzene rings is 2. The molecule has 0 aliphatic heterocycles. The number of carbonyl (C=O) groups is 2. The normalized spacial score (nSPS) is 10.6. The quantitative estimate of drug-likeness (QED) is 0.694. The Morgan fingerprint density at radius 1 is 0.963 bits per heavy atom. The van der Waals surface area contributed by atoms with Crippen LogP contribution >= 0.6 is 0 Å². The van der Waals surface area contributed by atoms with Crippen LogP contribution in [0.15, 0.2) is 71.1 Å². The maximum Gasteiger partial charge on any atom is 0.289 e. The fourth-order valence-corrected chi connectivity index (χ4v) is 2.68. The SMILES string of the molecule is NC(=O)CCN(Cc1ccccc1)C(=O)c1ccc(-c2ccc(F)cc2)o1. The molecule has 0 bridgehead atoms. The third kappa shape index (κ3) is 4.82. The van der Waals surface area contributed by atoms with Crippen molar-refractivity contribution in [1.29, 1.82) is 0 Å². The summed E-state index contributed by atoms with van der Waals surface area (Å²) in [5.74, 6) is -0.550. The molecule has 0 aliphatic carbocycles. The maximum atomic E-state index is 13.1. The summed E-state index contributed by atoms with van der Waals surface area (Å²) >= 11 is 0. The Morgan fingerprint density at radius 2 is 1.67 bits per heavy atom.